The highest BCUT2D eigenvalue weighted by Gasteiger charge is 2.46. The number of rotatable bonds is 4. The van der Waals surface area contributed by atoms with Gasteiger partial charge in [0.2, 0.25) is 0 Å². The van der Waals surface area contributed by atoms with Crippen LogP contribution in [-0.4, -0.2) is 57.0 Å². The van der Waals surface area contributed by atoms with Gasteiger partial charge in [0.25, 0.3) is 0 Å². The molecule has 2 heterocycles. The van der Waals surface area contributed by atoms with Crippen LogP contribution in [0.15, 0.2) is 4.99 Å². The highest BCUT2D eigenvalue weighted by atomic mass is 32.2. The van der Waals surface area contributed by atoms with Crippen LogP contribution in [0.25, 0.3) is 0 Å². The van der Waals surface area contributed by atoms with Crippen molar-refractivity contribution in [2.45, 2.75) is 52.9 Å². The lowest BCUT2D eigenvalue weighted by Crippen LogP contribution is -2.56. The van der Waals surface area contributed by atoms with Crippen molar-refractivity contribution in [3.63, 3.8) is 0 Å². The van der Waals surface area contributed by atoms with Crippen molar-refractivity contribution in [2.75, 3.05) is 37.7 Å². The van der Waals surface area contributed by atoms with Gasteiger partial charge in [-0.2, -0.15) is 0 Å². The number of hydrogen-bond acceptors (Lipinski definition) is 3. The first-order chi connectivity index (χ1) is 11.8. The average molecular weight is 370 g/mol. The van der Waals surface area contributed by atoms with Gasteiger partial charge in [-0.1, -0.05) is 27.2 Å². The Morgan fingerprint density at radius 1 is 1.32 bits per heavy atom. The highest BCUT2D eigenvalue weighted by Crippen LogP contribution is 2.50. The van der Waals surface area contributed by atoms with E-state index in [-0.39, 0.29) is 5.92 Å². The lowest BCUT2D eigenvalue weighted by Gasteiger charge is -2.53. The number of piperidine rings is 1. The summed E-state index contributed by atoms with van der Waals surface area (Å²) in [5.74, 6) is 3.27. The molecule has 1 spiro atoms. The van der Waals surface area contributed by atoms with Crippen LogP contribution >= 0.6 is 0 Å². The van der Waals surface area contributed by atoms with E-state index < -0.39 is 9.84 Å². The molecule has 0 amide bonds. The molecule has 3 fully saturated rings. The van der Waals surface area contributed by atoms with Gasteiger partial charge in [0, 0.05) is 26.2 Å². The van der Waals surface area contributed by atoms with E-state index in [0.717, 1.165) is 44.5 Å². The Morgan fingerprint density at radius 2 is 2.08 bits per heavy atom. The standard InChI is InChI=1S/C19H35N3O2S/c1-15(2)11-20-18(21-12-17-6-10-25(23,24)13-17)22-9-5-16(3)19(14-22)7-4-8-19/h15-17H,4-14H2,1-3H3,(H,20,21). The highest BCUT2D eigenvalue weighted by molar-refractivity contribution is 7.91. The topological polar surface area (TPSA) is 61.8 Å². The molecule has 0 aromatic rings. The quantitative estimate of drug-likeness (QED) is 0.611. The molecule has 0 aromatic carbocycles. The van der Waals surface area contributed by atoms with Gasteiger partial charge in [0.15, 0.2) is 15.8 Å². The Labute approximate surface area is 153 Å². The molecule has 6 heteroatoms. The molecule has 1 N–H and O–H groups in total. The van der Waals surface area contributed by atoms with E-state index >= 15 is 0 Å². The fraction of sp³-hybridized carbons (Fsp3) is 0.947. The summed E-state index contributed by atoms with van der Waals surface area (Å²) in [5.41, 5.74) is 0.495. The third-order valence-corrected chi connectivity index (χ3v) is 8.35. The molecule has 0 radical (unpaired) electrons. The number of guanidine groups is 1. The Hall–Kier alpha value is -0.780. The summed E-state index contributed by atoms with van der Waals surface area (Å²) >= 11 is 0. The van der Waals surface area contributed by atoms with E-state index in [2.05, 4.69) is 31.0 Å². The van der Waals surface area contributed by atoms with Gasteiger partial charge in [-0.3, -0.25) is 4.99 Å². The summed E-state index contributed by atoms with van der Waals surface area (Å²) in [6, 6.07) is 0. The van der Waals surface area contributed by atoms with Crippen molar-refractivity contribution in [3.05, 3.63) is 0 Å². The molecule has 2 atom stereocenters. The summed E-state index contributed by atoms with van der Waals surface area (Å²) in [6.07, 6.45) is 6.09. The van der Waals surface area contributed by atoms with Crippen molar-refractivity contribution >= 4 is 15.8 Å². The van der Waals surface area contributed by atoms with Crippen LogP contribution in [0, 0.1) is 23.2 Å². The van der Waals surface area contributed by atoms with Crippen molar-refractivity contribution in [1.29, 1.82) is 0 Å². The maximum Gasteiger partial charge on any atom is 0.193 e. The van der Waals surface area contributed by atoms with Crippen LogP contribution in [0.1, 0.15) is 52.9 Å². The number of nitrogens with zero attached hydrogens (tertiary/aromatic N) is 2. The normalized spacial score (nSPS) is 31.4. The molecule has 1 saturated carbocycles. The Kier molecular flexibility index (Phi) is 5.66. The fourth-order valence-electron chi connectivity index (χ4n) is 4.54. The second-order valence-corrected chi connectivity index (χ2v) is 11.3. The molecule has 3 aliphatic rings. The third kappa shape index (κ3) is 4.50. The van der Waals surface area contributed by atoms with Gasteiger partial charge in [0.1, 0.15) is 0 Å². The van der Waals surface area contributed by atoms with Crippen LogP contribution in [0.5, 0.6) is 0 Å². The van der Waals surface area contributed by atoms with Crippen molar-refractivity contribution in [2.24, 2.45) is 28.2 Å². The van der Waals surface area contributed by atoms with E-state index in [9.17, 15) is 8.42 Å². The minimum absolute atomic E-state index is 0.232. The summed E-state index contributed by atoms with van der Waals surface area (Å²) < 4.78 is 23.4. The van der Waals surface area contributed by atoms with Crippen molar-refractivity contribution < 1.29 is 8.42 Å². The monoisotopic (exact) mass is 369 g/mol. The molecule has 2 unspecified atom stereocenters. The van der Waals surface area contributed by atoms with E-state index in [0.29, 0.717) is 22.8 Å². The van der Waals surface area contributed by atoms with Crippen molar-refractivity contribution in [3.8, 4) is 0 Å². The van der Waals surface area contributed by atoms with E-state index in [1.54, 1.807) is 0 Å². The molecular formula is C19H35N3O2S. The number of likely N-dealkylation sites (tertiary alicyclic amines) is 1. The first-order valence-corrected chi connectivity index (χ1v) is 11.9. The number of nitrogens with one attached hydrogen (secondary N) is 1. The zero-order valence-electron chi connectivity index (χ0n) is 16.1. The first-order valence-electron chi connectivity index (χ1n) is 10.0. The number of sulfone groups is 1. The SMILES string of the molecule is CC(C)CN=C(NCC1CCS(=O)(=O)C1)N1CCC(C)C2(CCC2)C1. The molecular weight excluding hydrogens is 334 g/mol. The fourth-order valence-corrected chi connectivity index (χ4v) is 6.40. The molecule has 144 valence electrons. The van der Waals surface area contributed by atoms with E-state index in [1.807, 2.05) is 0 Å². The van der Waals surface area contributed by atoms with Crippen molar-refractivity contribution in [1.82, 2.24) is 10.2 Å². The molecule has 25 heavy (non-hydrogen) atoms. The lowest BCUT2D eigenvalue weighted by molar-refractivity contribution is -0.00516. The van der Waals surface area contributed by atoms with Gasteiger partial charge in [-0.05, 0) is 48.9 Å². The van der Waals surface area contributed by atoms with Gasteiger partial charge in [0.05, 0.1) is 11.5 Å². The van der Waals surface area contributed by atoms with Gasteiger partial charge in [-0.25, -0.2) is 8.42 Å². The molecule has 0 aromatic heterocycles. The molecule has 0 bridgehead atoms. The summed E-state index contributed by atoms with van der Waals surface area (Å²) in [4.78, 5) is 7.32. The van der Waals surface area contributed by atoms with Crippen LogP contribution in [0.3, 0.4) is 0 Å². The Balaban J connectivity index is 1.64. The largest absolute Gasteiger partial charge is 0.356 e. The number of aliphatic imine (C=N–C) groups is 1. The zero-order chi connectivity index (χ0) is 18.1. The van der Waals surface area contributed by atoms with E-state index in [4.69, 9.17) is 4.99 Å². The third-order valence-electron chi connectivity index (χ3n) is 6.51. The molecule has 2 saturated heterocycles. The molecule has 2 aliphatic heterocycles. The minimum Gasteiger partial charge on any atom is -0.356 e. The summed E-state index contributed by atoms with van der Waals surface area (Å²) in [5, 5.41) is 3.54. The maximum absolute atomic E-state index is 11.7. The number of hydrogen-bond donors (Lipinski definition) is 1. The predicted molar refractivity (Wildman–Crippen MR) is 104 cm³/mol. The van der Waals surface area contributed by atoms with Gasteiger partial charge in [-0.15, -0.1) is 0 Å². The van der Waals surface area contributed by atoms with Crippen LogP contribution in [0.2, 0.25) is 0 Å². The maximum atomic E-state index is 11.7. The zero-order valence-corrected chi connectivity index (χ0v) is 16.9. The van der Waals surface area contributed by atoms with Crippen LogP contribution < -0.4 is 5.32 Å². The predicted octanol–water partition coefficient (Wildman–Crippen LogP) is 2.53. The molecule has 5 nitrogen and oxygen atoms in total. The van der Waals surface area contributed by atoms with Gasteiger partial charge >= 0.3 is 0 Å². The lowest BCUT2D eigenvalue weighted by atomic mass is 9.59. The summed E-state index contributed by atoms with van der Waals surface area (Å²) in [6.45, 7) is 10.5. The first kappa shape index (κ1) is 19.0. The Bertz CT molecular complexity index is 596. The van der Waals surface area contributed by atoms with Gasteiger partial charge < -0.3 is 10.2 Å². The Morgan fingerprint density at radius 3 is 2.64 bits per heavy atom. The second kappa shape index (κ2) is 7.45. The second-order valence-electron chi connectivity index (χ2n) is 9.04. The summed E-state index contributed by atoms with van der Waals surface area (Å²) in [7, 11) is -2.81. The van der Waals surface area contributed by atoms with Crippen LogP contribution in [-0.2, 0) is 9.84 Å². The molecule has 1 aliphatic carbocycles. The van der Waals surface area contributed by atoms with E-state index in [1.165, 1.54) is 25.7 Å². The minimum atomic E-state index is -2.81. The van der Waals surface area contributed by atoms with Crippen LogP contribution in [0.4, 0.5) is 0 Å². The molecule has 3 rings (SSSR count). The average Bonchev–Trinajstić information content (AvgIpc) is 2.85. The smallest absolute Gasteiger partial charge is 0.193 e.